The van der Waals surface area contributed by atoms with Crippen LogP contribution in [0.15, 0.2) is 42.5 Å². The average Bonchev–Trinajstić information content (AvgIpc) is 2.35. The van der Waals surface area contributed by atoms with Gasteiger partial charge in [-0.15, -0.1) is 0 Å². The predicted octanol–water partition coefficient (Wildman–Crippen LogP) is 4.38. The first-order valence-electron chi connectivity index (χ1n) is 5.09. The Morgan fingerprint density at radius 3 is 2.56 bits per heavy atom. The third kappa shape index (κ3) is 2.81. The molecule has 0 aromatic heterocycles. The number of para-hydroxylation sites is 1. The molecular weight excluding hydrogens is 276 g/mol. The molecule has 5 heteroatoms. The maximum atomic E-state index is 13.5. The summed E-state index contributed by atoms with van der Waals surface area (Å²) in [4.78, 5) is 11.9. The second-order valence-electron chi connectivity index (χ2n) is 3.56. The average molecular weight is 284 g/mol. The van der Waals surface area contributed by atoms with Crippen molar-refractivity contribution in [3.05, 3.63) is 63.9 Å². The van der Waals surface area contributed by atoms with E-state index in [-0.39, 0.29) is 5.56 Å². The van der Waals surface area contributed by atoms with E-state index in [1.165, 1.54) is 12.1 Å². The summed E-state index contributed by atoms with van der Waals surface area (Å²) in [5.41, 5.74) is 0.297. The number of nitrogens with one attached hydrogen (secondary N) is 1. The zero-order chi connectivity index (χ0) is 13.1. The number of benzene rings is 2. The number of rotatable bonds is 2. The van der Waals surface area contributed by atoms with Crippen LogP contribution in [0.25, 0.3) is 0 Å². The Bertz CT molecular complexity index is 601. The minimum Gasteiger partial charge on any atom is -0.321 e. The highest BCUT2D eigenvalue weighted by Gasteiger charge is 2.13. The summed E-state index contributed by atoms with van der Waals surface area (Å²) in [5, 5.41) is 3.20. The molecule has 92 valence electrons. The van der Waals surface area contributed by atoms with Gasteiger partial charge in [-0.2, -0.15) is 0 Å². The summed E-state index contributed by atoms with van der Waals surface area (Å²) in [7, 11) is 0. The fraction of sp³-hybridized carbons (Fsp3) is 0. The van der Waals surface area contributed by atoms with Gasteiger partial charge in [-0.05, 0) is 30.3 Å². The van der Waals surface area contributed by atoms with Gasteiger partial charge in [-0.25, -0.2) is 4.39 Å². The molecule has 2 aromatic carbocycles. The fourth-order valence-electron chi connectivity index (χ4n) is 1.42. The van der Waals surface area contributed by atoms with Gasteiger partial charge in [0, 0.05) is 5.02 Å². The molecule has 0 saturated carbocycles. The van der Waals surface area contributed by atoms with E-state index < -0.39 is 11.7 Å². The summed E-state index contributed by atoms with van der Waals surface area (Å²) in [5.74, 6) is -1.23. The van der Waals surface area contributed by atoms with Crippen molar-refractivity contribution in [2.24, 2.45) is 0 Å². The number of anilines is 1. The smallest absolute Gasteiger partial charge is 0.258 e. The van der Waals surface area contributed by atoms with Crippen LogP contribution in [0.2, 0.25) is 10.0 Å². The van der Waals surface area contributed by atoms with Gasteiger partial charge in [-0.1, -0.05) is 35.3 Å². The second kappa shape index (κ2) is 5.38. The molecule has 0 aliphatic heterocycles. The lowest BCUT2D eigenvalue weighted by Crippen LogP contribution is -2.14. The molecule has 1 amide bonds. The summed E-state index contributed by atoms with van der Waals surface area (Å²) >= 11 is 11.6. The number of carbonyl (C=O) groups is 1. The first-order valence-corrected chi connectivity index (χ1v) is 5.84. The third-order valence-corrected chi connectivity index (χ3v) is 2.86. The molecular formula is C13H8Cl2FNO. The SMILES string of the molecule is O=C(Nc1ccccc1Cl)c1cc(Cl)ccc1F. The molecule has 0 spiro atoms. The van der Waals surface area contributed by atoms with E-state index >= 15 is 0 Å². The molecule has 0 heterocycles. The largest absolute Gasteiger partial charge is 0.321 e. The first kappa shape index (κ1) is 12.9. The van der Waals surface area contributed by atoms with E-state index in [9.17, 15) is 9.18 Å². The summed E-state index contributed by atoms with van der Waals surface area (Å²) in [6, 6.07) is 10.5. The molecule has 0 aliphatic rings. The third-order valence-electron chi connectivity index (χ3n) is 2.30. The monoisotopic (exact) mass is 283 g/mol. The number of halogens is 3. The molecule has 0 fully saturated rings. The zero-order valence-electron chi connectivity index (χ0n) is 9.08. The van der Waals surface area contributed by atoms with E-state index in [2.05, 4.69) is 5.32 Å². The number of amides is 1. The Balaban J connectivity index is 2.28. The van der Waals surface area contributed by atoms with Gasteiger partial charge < -0.3 is 5.32 Å². The van der Waals surface area contributed by atoms with Crippen LogP contribution in [0.4, 0.5) is 10.1 Å². The standard InChI is InChI=1S/C13H8Cl2FNO/c14-8-5-6-11(16)9(7-8)13(18)17-12-4-2-1-3-10(12)15/h1-7H,(H,17,18). The van der Waals surface area contributed by atoms with Gasteiger partial charge in [0.15, 0.2) is 0 Å². The van der Waals surface area contributed by atoms with Gasteiger partial charge in [0.2, 0.25) is 0 Å². The van der Waals surface area contributed by atoms with Crippen molar-refractivity contribution in [3.8, 4) is 0 Å². The van der Waals surface area contributed by atoms with Crippen LogP contribution in [-0.4, -0.2) is 5.91 Å². The molecule has 2 nitrogen and oxygen atoms in total. The van der Waals surface area contributed by atoms with Crippen molar-refractivity contribution in [2.45, 2.75) is 0 Å². The summed E-state index contributed by atoms with van der Waals surface area (Å²) < 4.78 is 13.5. The van der Waals surface area contributed by atoms with Gasteiger partial charge >= 0.3 is 0 Å². The van der Waals surface area contributed by atoms with Crippen LogP contribution < -0.4 is 5.32 Å². The minimum absolute atomic E-state index is 0.123. The lowest BCUT2D eigenvalue weighted by molar-refractivity contribution is 0.102. The molecule has 0 bridgehead atoms. The minimum atomic E-state index is -0.635. The quantitative estimate of drug-likeness (QED) is 0.870. The van der Waals surface area contributed by atoms with Crippen LogP contribution in [0, 0.1) is 5.82 Å². The van der Waals surface area contributed by atoms with E-state index in [1.807, 2.05) is 0 Å². The molecule has 1 N–H and O–H groups in total. The highest BCUT2D eigenvalue weighted by molar-refractivity contribution is 6.34. The van der Waals surface area contributed by atoms with Gasteiger partial charge in [-0.3, -0.25) is 4.79 Å². The maximum absolute atomic E-state index is 13.5. The van der Waals surface area contributed by atoms with Crippen molar-refractivity contribution in [1.29, 1.82) is 0 Å². The fourth-order valence-corrected chi connectivity index (χ4v) is 1.78. The molecule has 0 unspecified atom stereocenters. The Morgan fingerprint density at radius 2 is 1.83 bits per heavy atom. The van der Waals surface area contributed by atoms with Gasteiger partial charge in [0.25, 0.3) is 5.91 Å². The topological polar surface area (TPSA) is 29.1 Å². The molecule has 2 aromatic rings. The van der Waals surface area contributed by atoms with Crippen molar-refractivity contribution < 1.29 is 9.18 Å². The lowest BCUT2D eigenvalue weighted by Gasteiger charge is -2.07. The van der Waals surface area contributed by atoms with E-state index in [0.29, 0.717) is 15.7 Å². The second-order valence-corrected chi connectivity index (χ2v) is 4.40. The molecule has 2 rings (SSSR count). The normalized spacial score (nSPS) is 10.2. The first-order chi connectivity index (χ1) is 8.58. The molecule has 0 saturated heterocycles. The molecule has 0 radical (unpaired) electrons. The predicted molar refractivity (Wildman–Crippen MR) is 70.8 cm³/mol. The number of hydrogen-bond donors (Lipinski definition) is 1. The lowest BCUT2D eigenvalue weighted by atomic mass is 10.2. The Hall–Kier alpha value is -1.58. The Morgan fingerprint density at radius 1 is 1.11 bits per heavy atom. The maximum Gasteiger partial charge on any atom is 0.258 e. The molecule has 0 aliphatic carbocycles. The molecule has 18 heavy (non-hydrogen) atoms. The van der Waals surface area contributed by atoms with Gasteiger partial charge in [0.05, 0.1) is 16.3 Å². The summed E-state index contributed by atoms with van der Waals surface area (Å²) in [6.07, 6.45) is 0. The number of carbonyl (C=O) groups excluding carboxylic acids is 1. The zero-order valence-corrected chi connectivity index (χ0v) is 10.6. The Kier molecular flexibility index (Phi) is 3.84. The van der Waals surface area contributed by atoms with Crippen molar-refractivity contribution in [3.63, 3.8) is 0 Å². The van der Waals surface area contributed by atoms with Crippen LogP contribution in [-0.2, 0) is 0 Å². The van der Waals surface area contributed by atoms with Crippen molar-refractivity contribution in [2.75, 3.05) is 5.32 Å². The highest BCUT2D eigenvalue weighted by Crippen LogP contribution is 2.22. The highest BCUT2D eigenvalue weighted by atomic mass is 35.5. The molecule has 0 atom stereocenters. The van der Waals surface area contributed by atoms with Gasteiger partial charge in [0.1, 0.15) is 5.82 Å². The Labute approximate surface area is 113 Å². The van der Waals surface area contributed by atoms with Crippen LogP contribution >= 0.6 is 23.2 Å². The van der Waals surface area contributed by atoms with E-state index in [4.69, 9.17) is 23.2 Å². The van der Waals surface area contributed by atoms with Crippen LogP contribution in [0.5, 0.6) is 0 Å². The van der Waals surface area contributed by atoms with Crippen molar-refractivity contribution in [1.82, 2.24) is 0 Å². The van der Waals surface area contributed by atoms with Crippen molar-refractivity contribution >= 4 is 34.8 Å². The van der Waals surface area contributed by atoms with Crippen LogP contribution in [0.1, 0.15) is 10.4 Å². The number of hydrogen-bond acceptors (Lipinski definition) is 1. The van der Waals surface area contributed by atoms with E-state index in [0.717, 1.165) is 6.07 Å². The summed E-state index contributed by atoms with van der Waals surface area (Å²) in [6.45, 7) is 0. The van der Waals surface area contributed by atoms with E-state index in [1.54, 1.807) is 24.3 Å². The van der Waals surface area contributed by atoms with Crippen LogP contribution in [0.3, 0.4) is 0 Å².